The predicted octanol–water partition coefficient (Wildman–Crippen LogP) is 5.00. The van der Waals surface area contributed by atoms with Gasteiger partial charge in [0.1, 0.15) is 11.5 Å². The fourth-order valence-corrected chi connectivity index (χ4v) is 3.46. The molecular weight excluding hydrogens is 347 g/mol. The molecule has 0 bridgehead atoms. The second-order valence-corrected chi connectivity index (χ2v) is 9.93. The van der Waals surface area contributed by atoms with Gasteiger partial charge in [-0.3, -0.25) is 4.57 Å². The number of hydrogen-bond donors (Lipinski definition) is 2. The van der Waals surface area contributed by atoms with Gasteiger partial charge in [-0.1, -0.05) is 26.0 Å². The minimum Gasteiger partial charge on any atom is -0.508 e. The van der Waals surface area contributed by atoms with Crippen LogP contribution >= 0.6 is 7.37 Å². The highest BCUT2D eigenvalue weighted by Gasteiger charge is 2.12. The Kier molecular flexibility index (Phi) is 6.54. The van der Waals surface area contributed by atoms with Gasteiger partial charge in [0.05, 0.1) is 12.8 Å². The van der Waals surface area contributed by atoms with E-state index in [1.807, 2.05) is 18.2 Å². The molecule has 0 spiro atoms. The Hall–Kier alpha value is -1.77. The molecule has 2 aromatic carbocycles. The molecule has 0 fully saturated rings. The zero-order valence-electron chi connectivity index (χ0n) is 16.2. The average Bonchev–Trinajstić information content (AvgIpc) is 2.51. The van der Waals surface area contributed by atoms with Crippen molar-refractivity contribution in [3.8, 4) is 11.5 Å². The molecule has 4 nitrogen and oxygen atoms in total. The number of rotatable bonds is 7. The number of phenolic OH excluding ortho intramolecular Hbond substituents is 1. The Labute approximate surface area is 156 Å². The van der Waals surface area contributed by atoms with Crippen LogP contribution in [-0.2, 0) is 11.0 Å². The Morgan fingerprint density at radius 1 is 1.12 bits per heavy atom. The molecule has 26 heavy (non-hydrogen) atoms. The van der Waals surface area contributed by atoms with E-state index in [9.17, 15) is 14.6 Å². The Bertz CT molecular complexity index is 798. The van der Waals surface area contributed by atoms with Gasteiger partial charge in [-0.25, -0.2) is 0 Å². The number of aryl methyl sites for hydroxylation is 2. The fourth-order valence-electron chi connectivity index (χ4n) is 3.03. The normalized spacial score (nSPS) is 13.7. The summed E-state index contributed by atoms with van der Waals surface area (Å²) in [5, 5.41) is 10.0. The van der Waals surface area contributed by atoms with Gasteiger partial charge in [0, 0.05) is 6.66 Å². The molecule has 2 rings (SSSR count). The Morgan fingerprint density at radius 3 is 2.27 bits per heavy atom. The fraction of sp³-hybridized carbons (Fsp3) is 0.429. The van der Waals surface area contributed by atoms with Crippen molar-refractivity contribution >= 4 is 7.37 Å². The molecule has 0 heterocycles. The minimum atomic E-state index is -3.04. The molecule has 0 amide bonds. The van der Waals surface area contributed by atoms with Crippen LogP contribution in [0.1, 0.15) is 47.6 Å². The lowest BCUT2D eigenvalue weighted by Crippen LogP contribution is -2.05. The number of hydrogen-bond acceptors (Lipinski definition) is 3. The van der Waals surface area contributed by atoms with Crippen LogP contribution in [0.25, 0.3) is 0 Å². The second kappa shape index (κ2) is 8.28. The van der Waals surface area contributed by atoms with Gasteiger partial charge in [0.25, 0.3) is 0 Å². The van der Waals surface area contributed by atoms with E-state index < -0.39 is 7.37 Å². The Balaban J connectivity index is 2.18. The third-order valence-corrected chi connectivity index (χ3v) is 5.55. The first-order valence-corrected chi connectivity index (χ1v) is 11.2. The molecule has 0 aliphatic heterocycles. The summed E-state index contributed by atoms with van der Waals surface area (Å²) in [6.07, 6.45) is 0.942. The summed E-state index contributed by atoms with van der Waals surface area (Å²) < 4.78 is 17.0. The van der Waals surface area contributed by atoms with Crippen molar-refractivity contribution < 1.29 is 19.3 Å². The maximum absolute atomic E-state index is 11.4. The van der Waals surface area contributed by atoms with Crippen molar-refractivity contribution in [3.63, 3.8) is 0 Å². The van der Waals surface area contributed by atoms with Crippen LogP contribution in [0.2, 0.25) is 0 Å². The van der Waals surface area contributed by atoms with Crippen LogP contribution in [0.3, 0.4) is 0 Å². The Morgan fingerprint density at radius 2 is 1.73 bits per heavy atom. The standard InChI is InChI=1S/C21H29O4P/c1-14(2)19-12-17(6-7-21(19)22)13-20-15(3)10-18(11-16(20)4)25-8-9-26(5,23)24/h6-7,10-12,14,22H,8-9,13H2,1-5H3,(H,23,24). The number of benzene rings is 2. The minimum absolute atomic E-state index is 0.151. The van der Waals surface area contributed by atoms with Crippen molar-refractivity contribution in [2.45, 2.75) is 40.0 Å². The number of aromatic hydroxyl groups is 1. The van der Waals surface area contributed by atoms with Crippen LogP contribution in [0.15, 0.2) is 30.3 Å². The van der Waals surface area contributed by atoms with Crippen LogP contribution in [-0.4, -0.2) is 29.4 Å². The van der Waals surface area contributed by atoms with Gasteiger partial charge in [-0.15, -0.1) is 0 Å². The van der Waals surface area contributed by atoms with Crippen LogP contribution in [0.5, 0.6) is 11.5 Å². The summed E-state index contributed by atoms with van der Waals surface area (Å²) in [5.41, 5.74) is 5.62. The molecule has 0 aliphatic carbocycles. The van der Waals surface area contributed by atoms with Crippen molar-refractivity contribution in [2.75, 3.05) is 19.4 Å². The molecule has 0 saturated carbocycles. The number of ether oxygens (including phenoxy) is 1. The maximum atomic E-state index is 11.4. The first-order valence-electron chi connectivity index (χ1n) is 8.91. The lowest BCUT2D eigenvalue weighted by Gasteiger charge is -2.16. The first-order chi connectivity index (χ1) is 12.1. The highest BCUT2D eigenvalue weighted by atomic mass is 31.2. The molecule has 142 valence electrons. The maximum Gasteiger partial charge on any atom is 0.201 e. The summed E-state index contributed by atoms with van der Waals surface area (Å²) in [4.78, 5) is 9.35. The zero-order chi connectivity index (χ0) is 19.5. The van der Waals surface area contributed by atoms with Crippen molar-refractivity contribution in [3.05, 3.63) is 58.1 Å². The molecular formula is C21H29O4P. The molecule has 1 atom stereocenters. The van der Waals surface area contributed by atoms with E-state index in [1.165, 1.54) is 17.8 Å². The molecule has 1 unspecified atom stereocenters. The third-order valence-electron chi connectivity index (χ3n) is 4.54. The van der Waals surface area contributed by atoms with E-state index in [2.05, 4.69) is 33.8 Å². The number of phenols is 1. The van der Waals surface area contributed by atoms with E-state index in [4.69, 9.17) is 4.74 Å². The topological polar surface area (TPSA) is 66.8 Å². The van der Waals surface area contributed by atoms with Gasteiger partial charge < -0.3 is 14.7 Å². The lowest BCUT2D eigenvalue weighted by molar-refractivity contribution is 0.335. The van der Waals surface area contributed by atoms with E-state index in [0.717, 1.165) is 28.9 Å². The van der Waals surface area contributed by atoms with E-state index in [-0.39, 0.29) is 18.7 Å². The van der Waals surface area contributed by atoms with Crippen LogP contribution in [0, 0.1) is 13.8 Å². The van der Waals surface area contributed by atoms with Gasteiger partial charge in [0.2, 0.25) is 7.37 Å². The van der Waals surface area contributed by atoms with Gasteiger partial charge >= 0.3 is 0 Å². The smallest absolute Gasteiger partial charge is 0.201 e. The van der Waals surface area contributed by atoms with Crippen LogP contribution < -0.4 is 4.74 Å². The summed E-state index contributed by atoms with van der Waals surface area (Å²) in [7, 11) is -3.04. The lowest BCUT2D eigenvalue weighted by atomic mass is 9.93. The average molecular weight is 376 g/mol. The molecule has 0 aromatic heterocycles. The summed E-state index contributed by atoms with van der Waals surface area (Å²) in [6.45, 7) is 9.83. The summed E-state index contributed by atoms with van der Waals surface area (Å²) >= 11 is 0. The largest absolute Gasteiger partial charge is 0.508 e. The summed E-state index contributed by atoms with van der Waals surface area (Å²) in [5.74, 6) is 1.35. The highest BCUT2D eigenvalue weighted by Crippen LogP contribution is 2.34. The van der Waals surface area contributed by atoms with Gasteiger partial charge in [-0.2, -0.15) is 0 Å². The van der Waals surface area contributed by atoms with E-state index >= 15 is 0 Å². The third kappa shape index (κ3) is 5.62. The van der Waals surface area contributed by atoms with Crippen molar-refractivity contribution in [1.29, 1.82) is 0 Å². The van der Waals surface area contributed by atoms with E-state index in [1.54, 1.807) is 6.07 Å². The molecule has 5 heteroatoms. The second-order valence-electron chi connectivity index (χ2n) is 7.38. The van der Waals surface area contributed by atoms with E-state index in [0.29, 0.717) is 5.75 Å². The molecule has 0 radical (unpaired) electrons. The summed E-state index contributed by atoms with van der Waals surface area (Å²) in [6, 6.07) is 9.76. The monoisotopic (exact) mass is 376 g/mol. The quantitative estimate of drug-likeness (QED) is 0.667. The zero-order valence-corrected chi connectivity index (χ0v) is 17.1. The molecule has 0 aliphatic rings. The molecule has 2 aromatic rings. The van der Waals surface area contributed by atoms with Gasteiger partial charge in [-0.05, 0) is 72.2 Å². The highest BCUT2D eigenvalue weighted by molar-refractivity contribution is 7.57. The predicted molar refractivity (Wildman–Crippen MR) is 107 cm³/mol. The molecule has 0 saturated heterocycles. The van der Waals surface area contributed by atoms with Crippen LogP contribution in [0.4, 0.5) is 0 Å². The van der Waals surface area contributed by atoms with Crippen molar-refractivity contribution in [1.82, 2.24) is 0 Å². The van der Waals surface area contributed by atoms with Crippen molar-refractivity contribution in [2.24, 2.45) is 0 Å². The molecule has 2 N–H and O–H groups in total. The SMILES string of the molecule is Cc1cc(OCCP(C)(=O)O)cc(C)c1Cc1ccc(O)c(C(C)C)c1. The first kappa shape index (κ1) is 20.5. The van der Waals surface area contributed by atoms with Gasteiger partial charge in [0.15, 0.2) is 0 Å².